The Balaban J connectivity index is 1.53. The first kappa shape index (κ1) is 18.2. The molecule has 0 aromatic carbocycles. The summed E-state index contributed by atoms with van der Waals surface area (Å²) in [5.41, 5.74) is 0.433. The molecule has 2 unspecified atom stereocenters. The Morgan fingerprint density at radius 2 is 2.12 bits per heavy atom. The van der Waals surface area contributed by atoms with E-state index in [0.717, 1.165) is 25.8 Å². The number of furan rings is 1. The first-order valence-corrected chi connectivity index (χ1v) is 9.35. The van der Waals surface area contributed by atoms with Gasteiger partial charge in [0.2, 0.25) is 0 Å². The number of fused-ring (bicyclic) bond motifs is 2. The maximum absolute atomic E-state index is 12.5. The second-order valence-corrected chi connectivity index (χ2v) is 9.10. The van der Waals surface area contributed by atoms with Gasteiger partial charge in [0, 0.05) is 18.7 Å². The number of hydrogen-bond donors (Lipinski definition) is 0. The third kappa shape index (κ3) is 4.35. The summed E-state index contributed by atoms with van der Waals surface area (Å²) in [4.78, 5) is 26.2. The van der Waals surface area contributed by atoms with Crippen molar-refractivity contribution in [2.45, 2.75) is 46.1 Å². The number of ether oxygens (including phenoxy) is 1. The van der Waals surface area contributed by atoms with Crippen LogP contribution in [0.15, 0.2) is 27.3 Å². The van der Waals surface area contributed by atoms with Crippen LogP contribution < -0.4 is 0 Å². The molecule has 25 heavy (non-hydrogen) atoms. The lowest BCUT2D eigenvalue weighted by Crippen LogP contribution is -2.39. The highest BCUT2D eigenvalue weighted by atomic mass is 79.9. The van der Waals surface area contributed by atoms with E-state index in [-0.39, 0.29) is 29.4 Å². The van der Waals surface area contributed by atoms with Crippen LogP contribution in [0.5, 0.6) is 0 Å². The second-order valence-electron chi connectivity index (χ2n) is 8.32. The Morgan fingerprint density at radius 1 is 1.36 bits per heavy atom. The number of carbonyl (C=O) groups is 2. The lowest BCUT2D eigenvalue weighted by Gasteiger charge is -2.39. The average Bonchev–Trinajstić information content (AvgIpc) is 3.02. The van der Waals surface area contributed by atoms with Crippen LogP contribution in [0.3, 0.4) is 0 Å². The van der Waals surface area contributed by atoms with Crippen molar-refractivity contribution in [3.63, 3.8) is 0 Å². The van der Waals surface area contributed by atoms with Gasteiger partial charge < -0.3 is 14.1 Å². The molecule has 1 aliphatic heterocycles. The third-order valence-corrected chi connectivity index (χ3v) is 5.48. The summed E-state index contributed by atoms with van der Waals surface area (Å²) in [5, 5.41) is 0. The number of rotatable bonds is 4. The molecule has 2 aliphatic rings. The number of nitrogens with zero attached hydrogens (tertiary/aromatic N) is 1. The van der Waals surface area contributed by atoms with Gasteiger partial charge in [0.05, 0.1) is 0 Å². The minimum absolute atomic E-state index is 0.103. The lowest BCUT2D eigenvalue weighted by molar-refractivity contribution is -0.148. The molecular weight excluding hydrogens is 386 g/mol. The van der Waals surface area contributed by atoms with Crippen molar-refractivity contribution in [2.24, 2.45) is 10.8 Å². The summed E-state index contributed by atoms with van der Waals surface area (Å²) in [6.45, 7) is 7.34. The van der Waals surface area contributed by atoms with Gasteiger partial charge in [-0.15, -0.1) is 0 Å². The highest BCUT2D eigenvalue weighted by molar-refractivity contribution is 9.10. The van der Waals surface area contributed by atoms with Gasteiger partial charge in [0.25, 0.3) is 5.91 Å². The topological polar surface area (TPSA) is 59.8 Å². The molecule has 1 aromatic heterocycles. The Morgan fingerprint density at radius 3 is 2.80 bits per heavy atom. The minimum atomic E-state index is -0.547. The van der Waals surface area contributed by atoms with Gasteiger partial charge in [-0.3, -0.25) is 4.79 Å². The second kappa shape index (κ2) is 6.63. The molecule has 1 amide bonds. The predicted molar refractivity (Wildman–Crippen MR) is 97.6 cm³/mol. The van der Waals surface area contributed by atoms with E-state index in [1.807, 2.05) is 4.90 Å². The highest BCUT2D eigenvalue weighted by Crippen LogP contribution is 2.52. The fourth-order valence-electron chi connectivity index (χ4n) is 4.58. The monoisotopic (exact) mass is 409 g/mol. The van der Waals surface area contributed by atoms with Gasteiger partial charge in [-0.1, -0.05) is 20.8 Å². The third-order valence-electron chi connectivity index (χ3n) is 5.05. The Kier molecular flexibility index (Phi) is 4.84. The van der Waals surface area contributed by atoms with Crippen LogP contribution in [0, 0.1) is 10.8 Å². The van der Waals surface area contributed by atoms with E-state index < -0.39 is 5.97 Å². The quantitative estimate of drug-likeness (QED) is 0.556. The summed E-state index contributed by atoms with van der Waals surface area (Å²) < 4.78 is 11.0. The molecule has 5 nitrogen and oxygen atoms in total. The number of amides is 1. The fraction of sp³-hybridized carbons (Fsp3) is 0.579. The van der Waals surface area contributed by atoms with Crippen LogP contribution in [0.4, 0.5) is 0 Å². The zero-order chi connectivity index (χ0) is 18.2. The summed E-state index contributed by atoms with van der Waals surface area (Å²) in [5.74, 6) is -0.109. The Hall–Kier alpha value is -1.56. The molecule has 2 fully saturated rings. The van der Waals surface area contributed by atoms with Gasteiger partial charge in [-0.25, -0.2) is 4.79 Å². The minimum Gasteiger partial charge on any atom is -0.452 e. The van der Waals surface area contributed by atoms with Gasteiger partial charge in [-0.2, -0.15) is 0 Å². The van der Waals surface area contributed by atoms with Crippen LogP contribution in [0.25, 0.3) is 6.08 Å². The zero-order valence-corrected chi connectivity index (χ0v) is 16.5. The van der Waals surface area contributed by atoms with Gasteiger partial charge in [0.15, 0.2) is 11.3 Å². The zero-order valence-electron chi connectivity index (χ0n) is 14.9. The summed E-state index contributed by atoms with van der Waals surface area (Å²) in [6.07, 6.45) is 5.97. The normalized spacial score (nSPS) is 27.7. The standard InChI is InChI=1S/C19H24BrNO4/c1-18(2)8-13-9-19(3,11-18)12-21(13)16(22)10-24-17(23)7-5-14-4-6-15(20)25-14/h4-7,13H,8-12H2,1-3H3. The summed E-state index contributed by atoms with van der Waals surface area (Å²) >= 11 is 3.19. The van der Waals surface area contributed by atoms with E-state index in [0.29, 0.717) is 10.4 Å². The number of halogens is 1. The summed E-state index contributed by atoms with van der Waals surface area (Å²) in [6, 6.07) is 3.73. The van der Waals surface area contributed by atoms with Crippen LogP contribution in [-0.4, -0.2) is 36.0 Å². The van der Waals surface area contributed by atoms with E-state index >= 15 is 0 Å². The van der Waals surface area contributed by atoms with E-state index in [4.69, 9.17) is 9.15 Å². The van der Waals surface area contributed by atoms with Crippen LogP contribution >= 0.6 is 15.9 Å². The van der Waals surface area contributed by atoms with E-state index in [1.54, 1.807) is 12.1 Å². The number of likely N-dealkylation sites (tertiary alicyclic amines) is 1. The lowest BCUT2D eigenvalue weighted by atomic mass is 9.65. The molecule has 6 heteroatoms. The molecule has 2 bridgehead atoms. The molecule has 1 aromatic rings. The number of esters is 1. The van der Waals surface area contributed by atoms with Crippen molar-refractivity contribution < 1.29 is 18.7 Å². The molecule has 0 N–H and O–H groups in total. The molecule has 1 saturated carbocycles. The van der Waals surface area contributed by atoms with Crippen molar-refractivity contribution in [3.8, 4) is 0 Å². The van der Waals surface area contributed by atoms with Crippen molar-refractivity contribution in [1.82, 2.24) is 4.90 Å². The molecule has 1 aliphatic carbocycles. The maximum Gasteiger partial charge on any atom is 0.331 e. The van der Waals surface area contributed by atoms with Gasteiger partial charge in [0.1, 0.15) is 5.76 Å². The maximum atomic E-state index is 12.5. The molecule has 1 saturated heterocycles. The average molecular weight is 410 g/mol. The fourth-order valence-corrected chi connectivity index (χ4v) is 4.90. The Labute approximate surface area is 156 Å². The highest BCUT2D eigenvalue weighted by Gasteiger charge is 2.50. The molecule has 0 spiro atoms. The number of carbonyl (C=O) groups excluding carboxylic acids is 2. The Bertz CT molecular complexity index is 708. The van der Waals surface area contributed by atoms with Crippen LogP contribution in [0.2, 0.25) is 0 Å². The molecule has 2 heterocycles. The smallest absolute Gasteiger partial charge is 0.331 e. The predicted octanol–water partition coefficient (Wildman–Crippen LogP) is 4.03. The van der Waals surface area contributed by atoms with E-state index in [9.17, 15) is 9.59 Å². The molecule has 0 radical (unpaired) electrons. The molecule has 136 valence electrons. The first-order valence-electron chi connectivity index (χ1n) is 8.56. The molecule has 2 atom stereocenters. The summed E-state index contributed by atoms with van der Waals surface area (Å²) in [7, 11) is 0. The molecular formula is C19H24BrNO4. The van der Waals surface area contributed by atoms with E-state index in [1.165, 1.54) is 12.2 Å². The van der Waals surface area contributed by atoms with Crippen molar-refractivity contribution in [2.75, 3.05) is 13.2 Å². The van der Waals surface area contributed by atoms with Crippen molar-refractivity contribution >= 4 is 33.9 Å². The van der Waals surface area contributed by atoms with Crippen LogP contribution in [0.1, 0.15) is 45.8 Å². The number of hydrogen-bond acceptors (Lipinski definition) is 4. The van der Waals surface area contributed by atoms with Gasteiger partial charge >= 0.3 is 5.97 Å². The largest absolute Gasteiger partial charge is 0.452 e. The van der Waals surface area contributed by atoms with Gasteiger partial charge in [-0.05, 0) is 64.2 Å². The molecule has 3 rings (SSSR count). The van der Waals surface area contributed by atoms with Crippen LogP contribution in [-0.2, 0) is 14.3 Å². The van der Waals surface area contributed by atoms with Crippen molar-refractivity contribution in [1.29, 1.82) is 0 Å². The van der Waals surface area contributed by atoms with Crippen molar-refractivity contribution in [3.05, 3.63) is 28.6 Å². The van der Waals surface area contributed by atoms with E-state index in [2.05, 4.69) is 36.7 Å². The SMILES string of the molecule is CC1(C)CC2CC(C)(CN2C(=O)COC(=O)C=Cc2ccc(Br)o2)C1. The first-order chi connectivity index (χ1) is 11.7.